The van der Waals surface area contributed by atoms with Gasteiger partial charge in [-0.05, 0) is 19.8 Å². The van der Waals surface area contributed by atoms with Crippen molar-refractivity contribution in [3.8, 4) is 6.01 Å². The summed E-state index contributed by atoms with van der Waals surface area (Å²) < 4.78 is 10.5. The average molecular weight is 281 g/mol. The van der Waals surface area contributed by atoms with Crippen LogP contribution in [-0.4, -0.2) is 47.9 Å². The number of nitrogens with one attached hydrogen (secondary N) is 2. The van der Waals surface area contributed by atoms with Gasteiger partial charge in [0.05, 0.1) is 13.7 Å². The van der Waals surface area contributed by atoms with E-state index in [1.54, 1.807) is 7.11 Å². The number of methoxy groups -OCH3 is 1. The molecule has 0 spiro atoms. The fourth-order valence-electron chi connectivity index (χ4n) is 2.10. The molecule has 0 bridgehead atoms. The van der Waals surface area contributed by atoms with Crippen molar-refractivity contribution in [2.75, 3.05) is 37.5 Å². The molecule has 1 aliphatic rings. The normalized spacial score (nSPS) is 19.6. The highest BCUT2D eigenvalue weighted by Gasteiger charge is 2.23. The number of hydrogen-bond acceptors (Lipinski definition) is 7. The minimum Gasteiger partial charge on any atom is -0.467 e. The Morgan fingerprint density at radius 2 is 2.15 bits per heavy atom. The van der Waals surface area contributed by atoms with Gasteiger partial charge in [0.1, 0.15) is 0 Å². The molecule has 0 aromatic carbocycles. The molecule has 2 N–H and O–H groups in total. The second-order valence-electron chi connectivity index (χ2n) is 4.95. The van der Waals surface area contributed by atoms with E-state index in [0.717, 1.165) is 32.6 Å². The Morgan fingerprint density at radius 3 is 2.80 bits per heavy atom. The first kappa shape index (κ1) is 14.8. The molecule has 1 saturated heterocycles. The van der Waals surface area contributed by atoms with E-state index in [4.69, 9.17) is 9.47 Å². The van der Waals surface area contributed by atoms with Crippen molar-refractivity contribution in [1.82, 2.24) is 15.0 Å². The van der Waals surface area contributed by atoms with Gasteiger partial charge in [-0.15, -0.1) is 0 Å². The van der Waals surface area contributed by atoms with Gasteiger partial charge in [-0.1, -0.05) is 6.92 Å². The summed E-state index contributed by atoms with van der Waals surface area (Å²) in [5, 5.41) is 6.46. The number of rotatable bonds is 7. The van der Waals surface area contributed by atoms with Crippen molar-refractivity contribution in [2.24, 2.45) is 5.92 Å². The van der Waals surface area contributed by atoms with Crippen molar-refractivity contribution in [3.63, 3.8) is 0 Å². The average Bonchev–Trinajstić information content (AvgIpc) is 2.99. The van der Waals surface area contributed by atoms with Crippen molar-refractivity contribution in [1.29, 1.82) is 0 Å². The molecule has 1 aromatic rings. The van der Waals surface area contributed by atoms with Crippen LogP contribution in [0.1, 0.15) is 26.7 Å². The zero-order chi connectivity index (χ0) is 14.4. The van der Waals surface area contributed by atoms with Gasteiger partial charge in [0.2, 0.25) is 11.9 Å². The molecule has 7 heteroatoms. The Balaban J connectivity index is 2.04. The second kappa shape index (κ2) is 7.23. The standard InChI is InChI=1S/C13H23N5O2/c1-4-6-14-11-16-12(18-13(17-11)19-3)15-9(2)10-5-7-20-8-10/h9-10H,4-8H2,1-3H3,(H2,14,15,16,17,18). The van der Waals surface area contributed by atoms with Gasteiger partial charge in [-0.2, -0.15) is 15.0 Å². The Bertz CT molecular complexity index is 423. The van der Waals surface area contributed by atoms with E-state index in [9.17, 15) is 0 Å². The van der Waals surface area contributed by atoms with Crippen LogP contribution in [0, 0.1) is 5.92 Å². The summed E-state index contributed by atoms with van der Waals surface area (Å²) >= 11 is 0. The summed E-state index contributed by atoms with van der Waals surface area (Å²) in [6.45, 7) is 6.65. The number of ether oxygens (including phenoxy) is 2. The molecule has 7 nitrogen and oxygen atoms in total. The van der Waals surface area contributed by atoms with Crippen LogP contribution in [0.5, 0.6) is 6.01 Å². The Kier molecular flexibility index (Phi) is 5.34. The summed E-state index contributed by atoms with van der Waals surface area (Å²) in [4.78, 5) is 12.8. The van der Waals surface area contributed by atoms with Crippen molar-refractivity contribution in [3.05, 3.63) is 0 Å². The molecule has 0 radical (unpaired) electrons. The van der Waals surface area contributed by atoms with Crippen LogP contribution in [-0.2, 0) is 4.74 Å². The lowest BCUT2D eigenvalue weighted by molar-refractivity contribution is 0.183. The third-order valence-electron chi connectivity index (χ3n) is 3.36. The van der Waals surface area contributed by atoms with E-state index in [1.807, 2.05) is 0 Å². The van der Waals surface area contributed by atoms with Gasteiger partial charge >= 0.3 is 6.01 Å². The van der Waals surface area contributed by atoms with E-state index < -0.39 is 0 Å². The quantitative estimate of drug-likeness (QED) is 0.784. The van der Waals surface area contributed by atoms with Crippen LogP contribution in [0.2, 0.25) is 0 Å². The highest BCUT2D eigenvalue weighted by atomic mass is 16.5. The molecule has 20 heavy (non-hydrogen) atoms. The summed E-state index contributed by atoms with van der Waals surface area (Å²) in [6.07, 6.45) is 2.07. The van der Waals surface area contributed by atoms with Gasteiger partial charge in [-0.25, -0.2) is 0 Å². The molecule has 2 atom stereocenters. The Hall–Kier alpha value is -1.63. The van der Waals surface area contributed by atoms with Gasteiger partial charge in [-0.3, -0.25) is 0 Å². The first-order valence-electron chi connectivity index (χ1n) is 7.11. The number of anilines is 2. The first-order chi connectivity index (χ1) is 9.72. The molecule has 1 aliphatic heterocycles. The van der Waals surface area contributed by atoms with E-state index in [1.165, 1.54) is 0 Å². The number of hydrogen-bond donors (Lipinski definition) is 2. The van der Waals surface area contributed by atoms with Gasteiger partial charge in [0.15, 0.2) is 0 Å². The first-order valence-corrected chi connectivity index (χ1v) is 7.11. The molecule has 2 unspecified atom stereocenters. The van der Waals surface area contributed by atoms with Gasteiger partial charge in [0.25, 0.3) is 0 Å². The van der Waals surface area contributed by atoms with Crippen molar-refractivity contribution in [2.45, 2.75) is 32.7 Å². The van der Waals surface area contributed by atoms with Crippen LogP contribution in [0.4, 0.5) is 11.9 Å². The highest BCUT2D eigenvalue weighted by molar-refractivity contribution is 5.36. The zero-order valence-corrected chi connectivity index (χ0v) is 12.3. The lowest BCUT2D eigenvalue weighted by Gasteiger charge is -2.19. The maximum atomic E-state index is 5.41. The molecule has 0 aliphatic carbocycles. The molecular formula is C13H23N5O2. The lowest BCUT2D eigenvalue weighted by atomic mass is 10.0. The van der Waals surface area contributed by atoms with E-state index in [0.29, 0.717) is 23.8 Å². The zero-order valence-electron chi connectivity index (χ0n) is 12.3. The summed E-state index contributed by atoms with van der Waals surface area (Å²) in [5.41, 5.74) is 0. The molecule has 1 fully saturated rings. The predicted octanol–water partition coefficient (Wildman–Crippen LogP) is 1.54. The fraction of sp³-hybridized carbons (Fsp3) is 0.769. The summed E-state index contributed by atoms with van der Waals surface area (Å²) in [6, 6.07) is 0.569. The Morgan fingerprint density at radius 1 is 1.35 bits per heavy atom. The number of aromatic nitrogens is 3. The van der Waals surface area contributed by atoms with Crippen molar-refractivity contribution < 1.29 is 9.47 Å². The largest absolute Gasteiger partial charge is 0.467 e. The van der Waals surface area contributed by atoms with Crippen LogP contribution in [0.15, 0.2) is 0 Å². The van der Waals surface area contributed by atoms with Crippen LogP contribution in [0.3, 0.4) is 0 Å². The molecule has 1 aromatic heterocycles. The predicted molar refractivity (Wildman–Crippen MR) is 77.2 cm³/mol. The third-order valence-corrected chi connectivity index (χ3v) is 3.36. The fourth-order valence-corrected chi connectivity index (χ4v) is 2.10. The maximum Gasteiger partial charge on any atom is 0.322 e. The van der Waals surface area contributed by atoms with E-state index in [2.05, 4.69) is 39.4 Å². The SMILES string of the molecule is CCCNc1nc(NC(C)C2CCOC2)nc(OC)n1. The molecule has 0 amide bonds. The minimum atomic E-state index is 0.253. The molecule has 2 rings (SSSR count). The van der Waals surface area contributed by atoms with E-state index in [-0.39, 0.29) is 6.04 Å². The van der Waals surface area contributed by atoms with E-state index >= 15 is 0 Å². The summed E-state index contributed by atoms with van der Waals surface area (Å²) in [7, 11) is 1.55. The smallest absolute Gasteiger partial charge is 0.322 e. The van der Waals surface area contributed by atoms with Gasteiger partial charge < -0.3 is 20.1 Å². The van der Waals surface area contributed by atoms with Crippen LogP contribution < -0.4 is 15.4 Å². The third kappa shape index (κ3) is 3.93. The molecule has 0 saturated carbocycles. The lowest BCUT2D eigenvalue weighted by Crippen LogP contribution is -2.27. The second-order valence-corrected chi connectivity index (χ2v) is 4.95. The maximum absolute atomic E-state index is 5.41. The summed E-state index contributed by atoms with van der Waals surface area (Å²) in [5.74, 6) is 1.57. The highest BCUT2D eigenvalue weighted by Crippen LogP contribution is 2.20. The van der Waals surface area contributed by atoms with Crippen LogP contribution >= 0.6 is 0 Å². The molecule has 2 heterocycles. The van der Waals surface area contributed by atoms with Gasteiger partial charge in [0, 0.05) is 25.1 Å². The molecule has 112 valence electrons. The monoisotopic (exact) mass is 281 g/mol. The minimum absolute atomic E-state index is 0.253. The number of nitrogens with zero attached hydrogens (tertiary/aromatic N) is 3. The van der Waals surface area contributed by atoms with Crippen LogP contribution in [0.25, 0.3) is 0 Å². The van der Waals surface area contributed by atoms with Crippen molar-refractivity contribution >= 4 is 11.9 Å². The Labute approximate surface area is 119 Å². The molecular weight excluding hydrogens is 258 g/mol. The topological polar surface area (TPSA) is 81.2 Å².